The standard InChI is InChI=1S/C24H28BrFN2O3.C24H28BrIN2O3.C24H28ClFN2O3.C24H28FIN2O3/c4*1-17(2)27-10-12-28(13-11-27)19-5-7-20(8-6-19)29-15-21-16-30-24(3,31-21)22-9-4-18(26)14-23(22)25/h4*4-9,14,21H,1,10-13,15-16H2,2-3H3. The maximum absolute atomic E-state index is 14.4. The van der Waals surface area contributed by atoms with Crippen LogP contribution in [0, 0.1) is 24.6 Å². The zero-order chi connectivity index (χ0) is 88.0. The Morgan fingerprint density at radius 3 is 0.879 bits per heavy atom. The molecular formula is C96H112Br2ClF3I2N8O12. The lowest BCUT2D eigenvalue weighted by atomic mass is 10.1. The Bertz CT molecular complexity index is 4340. The Hall–Kier alpha value is -7.50. The summed E-state index contributed by atoms with van der Waals surface area (Å²) in [6.07, 6.45) is -0.845. The molecule has 8 aliphatic rings. The number of anilines is 4. The Morgan fingerprint density at radius 1 is 0.355 bits per heavy atom. The molecule has 8 heterocycles. The predicted molar refractivity (Wildman–Crippen MR) is 506 cm³/mol. The number of rotatable bonds is 24. The van der Waals surface area contributed by atoms with E-state index in [0.29, 0.717) is 68.5 Å². The van der Waals surface area contributed by atoms with Crippen LogP contribution in [0.25, 0.3) is 0 Å². The lowest BCUT2D eigenvalue weighted by molar-refractivity contribution is -0.166. The fourth-order valence-electron chi connectivity index (χ4n) is 16.0. The highest BCUT2D eigenvalue weighted by Gasteiger charge is 2.45. The van der Waals surface area contributed by atoms with Gasteiger partial charge in [0, 0.05) is 189 Å². The molecule has 8 aromatic rings. The molecule has 0 bridgehead atoms. The van der Waals surface area contributed by atoms with Crippen molar-refractivity contribution in [1.82, 2.24) is 19.6 Å². The van der Waals surface area contributed by atoms with Gasteiger partial charge in [-0.2, -0.15) is 0 Å². The number of hydrogen-bond donors (Lipinski definition) is 0. The Labute approximate surface area is 777 Å². The molecule has 20 nitrogen and oxygen atoms in total. The molecule has 8 aromatic carbocycles. The van der Waals surface area contributed by atoms with Crippen molar-refractivity contribution in [2.24, 2.45) is 0 Å². The molecule has 8 fully saturated rings. The first-order chi connectivity index (χ1) is 59.3. The van der Waals surface area contributed by atoms with Crippen molar-refractivity contribution in [3.05, 3.63) is 280 Å². The summed E-state index contributed by atoms with van der Waals surface area (Å²) in [4.78, 5) is 18.8. The highest BCUT2D eigenvalue weighted by Crippen LogP contribution is 2.43. The van der Waals surface area contributed by atoms with Gasteiger partial charge in [0.2, 0.25) is 0 Å². The SMILES string of the molecule is C=C(C)N1CCN(c2ccc(OCC3COC(C)(c4ccc(F)cc4Br)O3)cc2)CC1.C=C(C)N1CCN(c2ccc(OCC3COC(C)(c4ccc(F)cc4Cl)O3)cc2)CC1.C=C(C)N1CCN(c2ccc(OCC3COC(C)(c4ccc(I)cc4Br)O3)cc2)CC1.C=C(C)N1CCN(c2ccc(OCC3COC(C)(c4ccc(I)cc4F)O3)cc2)CC1. The monoisotopic (exact) mass is 2070 g/mol. The average molecular weight is 2080 g/mol. The molecule has 124 heavy (non-hydrogen) atoms. The first-order valence-electron chi connectivity index (χ1n) is 42.0. The summed E-state index contributed by atoms with van der Waals surface area (Å²) < 4.78 is 116. The second-order valence-electron chi connectivity index (χ2n) is 32.5. The van der Waals surface area contributed by atoms with Crippen LogP contribution in [-0.2, 0) is 61.0 Å². The third-order valence-electron chi connectivity index (χ3n) is 23.3. The van der Waals surface area contributed by atoms with Gasteiger partial charge in [-0.1, -0.05) is 75.8 Å². The van der Waals surface area contributed by atoms with Gasteiger partial charge in [-0.15, -0.1) is 0 Å². The number of piperazine rings is 4. The summed E-state index contributed by atoms with van der Waals surface area (Å²) in [5.74, 6) is -1.65. The van der Waals surface area contributed by atoms with Crippen LogP contribution >= 0.6 is 88.6 Å². The van der Waals surface area contributed by atoms with Gasteiger partial charge in [0.1, 0.15) is 91.3 Å². The summed E-state index contributed by atoms with van der Waals surface area (Å²) in [6.45, 7) is 50.8. The van der Waals surface area contributed by atoms with E-state index in [0.717, 1.165) is 173 Å². The quantitative estimate of drug-likeness (QED) is 0.0530. The second kappa shape index (κ2) is 42.6. The van der Waals surface area contributed by atoms with E-state index in [-0.39, 0.29) is 41.1 Å². The van der Waals surface area contributed by atoms with E-state index in [1.54, 1.807) is 32.0 Å². The number of halogens is 8. The van der Waals surface area contributed by atoms with Gasteiger partial charge < -0.3 is 96.0 Å². The largest absolute Gasteiger partial charge is 0.491 e. The van der Waals surface area contributed by atoms with E-state index in [2.05, 4.69) is 231 Å². The van der Waals surface area contributed by atoms with E-state index in [1.807, 2.05) is 74.5 Å². The van der Waals surface area contributed by atoms with Gasteiger partial charge in [0.15, 0.2) is 23.1 Å². The van der Waals surface area contributed by atoms with Crippen molar-refractivity contribution in [3.63, 3.8) is 0 Å². The third kappa shape index (κ3) is 24.7. The molecule has 8 saturated heterocycles. The van der Waals surface area contributed by atoms with E-state index >= 15 is 0 Å². The fourth-order valence-corrected chi connectivity index (χ4v) is 19.2. The highest BCUT2D eigenvalue weighted by molar-refractivity contribution is 14.1. The molecule has 8 unspecified atom stereocenters. The zero-order valence-electron chi connectivity index (χ0n) is 71.8. The first kappa shape index (κ1) is 94.1. The maximum atomic E-state index is 14.4. The molecule has 0 aliphatic carbocycles. The predicted octanol–water partition coefficient (Wildman–Crippen LogP) is 19.8. The van der Waals surface area contributed by atoms with Gasteiger partial charge in [-0.25, -0.2) is 13.2 Å². The van der Waals surface area contributed by atoms with Crippen LogP contribution in [0.1, 0.15) is 77.6 Å². The maximum Gasteiger partial charge on any atom is 0.195 e. The lowest BCUT2D eigenvalue weighted by Crippen LogP contribution is -2.45. The lowest BCUT2D eigenvalue weighted by Gasteiger charge is -2.37. The second-order valence-corrected chi connectivity index (χ2v) is 37.1. The molecule has 28 heteroatoms. The number of allylic oxidation sites excluding steroid dienone is 4. The van der Waals surface area contributed by atoms with Gasteiger partial charge in [-0.3, -0.25) is 0 Å². The Balaban J connectivity index is 0.000000142. The van der Waals surface area contributed by atoms with Crippen molar-refractivity contribution in [2.45, 2.75) is 103 Å². The highest BCUT2D eigenvalue weighted by atomic mass is 127. The molecule has 0 N–H and O–H groups in total. The number of nitrogens with zero attached hydrogens (tertiary/aromatic N) is 8. The minimum absolute atomic E-state index is 0.119. The van der Waals surface area contributed by atoms with Gasteiger partial charge in [-0.05, 0) is 264 Å². The molecule has 0 aromatic heterocycles. The molecular weight excluding hydrogens is 1960 g/mol. The molecule has 16 rings (SSSR count). The summed E-state index contributed by atoms with van der Waals surface area (Å²) in [6, 6.07) is 52.7. The van der Waals surface area contributed by atoms with Crippen molar-refractivity contribution >= 4 is 111 Å². The van der Waals surface area contributed by atoms with Crippen LogP contribution in [0.15, 0.2) is 228 Å². The molecule has 8 aliphatic heterocycles. The normalized spacial score (nSPS) is 23.8. The summed E-state index contributed by atoms with van der Waals surface area (Å²) in [5, 5.41) is 0.281. The van der Waals surface area contributed by atoms with E-state index < -0.39 is 29.0 Å². The summed E-state index contributed by atoms with van der Waals surface area (Å²) in [7, 11) is 0. The third-order valence-corrected chi connectivity index (χ3v) is 26.2. The molecule has 0 saturated carbocycles. The number of benzene rings is 8. The van der Waals surface area contributed by atoms with Gasteiger partial charge in [0.05, 0.1) is 31.5 Å². The van der Waals surface area contributed by atoms with Crippen molar-refractivity contribution in [2.75, 3.05) is 177 Å². The van der Waals surface area contributed by atoms with Crippen molar-refractivity contribution in [3.8, 4) is 23.0 Å². The van der Waals surface area contributed by atoms with Crippen LogP contribution in [0.3, 0.4) is 0 Å². The van der Waals surface area contributed by atoms with Gasteiger partial charge in [0.25, 0.3) is 0 Å². The van der Waals surface area contributed by atoms with Crippen LogP contribution in [-0.4, -0.2) is 202 Å². The average Bonchev–Trinajstić information content (AvgIpc) is 1.60. The van der Waals surface area contributed by atoms with Crippen LogP contribution < -0.4 is 38.5 Å². The fraction of sp³-hybridized carbons (Fsp3) is 0.417. The molecule has 8 atom stereocenters. The summed E-state index contributed by atoms with van der Waals surface area (Å²) in [5.41, 5.74) is 12.1. The van der Waals surface area contributed by atoms with Crippen LogP contribution in [0.2, 0.25) is 5.02 Å². The number of hydrogen-bond acceptors (Lipinski definition) is 20. The number of ether oxygens (including phenoxy) is 12. The minimum Gasteiger partial charge on any atom is -0.491 e. The molecule has 664 valence electrons. The van der Waals surface area contributed by atoms with Crippen molar-refractivity contribution in [1.29, 1.82) is 0 Å². The summed E-state index contributed by atoms with van der Waals surface area (Å²) >= 11 is 17.6. The first-order valence-corrected chi connectivity index (χ1v) is 46.1. The van der Waals surface area contributed by atoms with Crippen LogP contribution in [0.4, 0.5) is 35.9 Å². The molecule has 0 spiro atoms. The Kier molecular flexibility index (Phi) is 32.3. The van der Waals surface area contributed by atoms with E-state index in [4.69, 9.17) is 68.4 Å². The van der Waals surface area contributed by atoms with Crippen molar-refractivity contribution < 1.29 is 70.0 Å². The molecule has 0 radical (unpaired) electrons. The topological polar surface area (TPSA) is 137 Å². The van der Waals surface area contributed by atoms with Crippen LogP contribution in [0.5, 0.6) is 23.0 Å². The van der Waals surface area contributed by atoms with Gasteiger partial charge >= 0.3 is 0 Å². The van der Waals surface area contributed by atoms with E-state index in [1.165, 1.54) is 53.1 Å². The zero-order valence-corrected chi connectivity index (χ0v) is 80.0. The minimum atomic E-state index is -1.10. The smallest absolute Gasteiger partial charge is 0.195 e. The van der Waals surface area contributed by atoms with E-state index in [9.17, 15) is 13.2 Å². The Morgan fingerprint density at radius 2 is 0.605 bits per heavy atom. The molecule has 0 amide bonds.